The molecular formula is C13H18N2O5S. The monoisotopic (exact) mass is 314 g/mol. The number of aliphatic carboxylic acids is 1. The van der Waals surface area contributed by atoms with Crippen LogP contribution in [-0.2, 0) is 20.9 Å². The molecule has 2 amide bonds. The molecule has 1 aromatic heterocycles. The molecule has 0 radical (unpaired) electrons. The summed E-state index contributed by atoms with van der Waals surface area (Å²) in [5.41, 5.74) is 0. The van der Waals surface area contributed by atoms with E-state index >= 15 is 0 Å². The van der Waals surface area contributed by atoms with Gasteiger partial charge in [0.05, 0.1) is 20.1 Å². The number of hydrogen-bond donors (Lipinski definition) is 2. The SMILES string of the molecule is CCN(Cc1cccs1)C(=O)N[C@@H](CC(=O)OC)C(=O)O. The lowest BCUT2D eigenvalue weighted by molar-refractivity contribution is -0.147. The van der Waals surface area contributed by atoms with E-state index in [0.29, 0.717) is 13.1 Å². The quantitative estimate of drug-likeness (QED) is 0.739. The van der Waals surface area contributed by atoms with E-state index < -0.39 is 30.4 Å². The fourth-order valence-corrected chi connectivity index (χ4v) is 2.33. The van der Waals surface area contributed by atoms with Crippen molar-refractivity contribution in [2.75, 3.05) is 13.7 Å². The Balaban J connectivity index is 2.65. The van der Waals surface area contributed by atoms with Gasteiger partial charge in [-0.3, -0.25) is 4.79 Å². The zero-order valence-corrected chi connectivity index (χ0v) is 12.7. The van der Waals surface area contributed by atoms with E-state index in [-0.39, 0.29) is 0 Å². The Bertz CT molecular complexity index is 489. The normalized spacial score (nSPS) is 11.5. The van der Waals surface area contributed by atoms with E-state index in [9.17, 15) is 14.4 Å². The highest BCUT2D eigenvalue weighted by Gasteiger charge is 2.25. The number of rotatable bonds is 7. The molecule has 1 rings (SSSR count). The molecule has 1 aromatic rings. The molecule has 0 saturated heterocycles. The maximum atomic E-state index is 12.1. The average molecular weight is 314 g/mol. The highest BCUT2D eigenvalue weighted by atomic mass is 32.1. The van der Waals surface area contributed by atoms with Gasteiger partial charge in [-0.1, -0.05) is 6.07 Å². The van der Waals surface area contributed by atoms with Crippen molar-refractivity contribution in [1.82, 2.24) is 10.2 Å². The highest BCUT2D eigenvalue weighted by Crippen LogP contribution is 2.12. The Labute approximate surface area is 126 Å². The van der Waals surface area contributed by atoms with Crippen molar-refractivity contribution in [1.29, 1.82) is 0 Å². The molecule has 1 heterocycles. The number of carbonyl (C=O) groups excluding carboxylic acids is 2. The number of thiophene rings is 1. The molecule has 0 unspecified atom stereocenters. The number of methoxy groups -OCH3 is 1. The summed E-state index contributed by atoms with van der Waals surface area (Å²) in [6.45, 7) is 2.61. The van der Waals surface area contributed by atoms with Gasteiger partial charge in [0.1, 0.15) is 6.04 Å². The smallest absolute Gasteiger partial charge is 0.326 e. The van der Waals surface area contributed by atoms with Gasteiger partial charge < -0.3 is 20.1 Å². The molecule has 116 valence electrons. The fraction of sp³-hybridized carbons (Fsp3) is 0.462. The number of urea groups is 1. The lowest BCUT2D eigenvalue weighted by Gasteiger charge is -2.23. The van der Waals surface area contributed by atoms with E-state index in [2.05, 4.69) is 10.1 Å². The molecule has 0 aromatic carbocycles. The third kappa shape index (κ3) is 5.42. The standard InChI is InChI=1S/C13H18N2O5S/c1-3-15(8-9-5-4-6-21-9)13(19)14-10(12(17)18)7-11(16)20-2/h4-6,10H,3,7-8H2,1-2H3,(H,14,19)(H,17,18)/t10-/m0/s1. The second-order valence-electron chi connectivity index (χ2n) is 4.21. The van der Waals surface area contributed by atoms with Crippen LogP contribution >= 0.6 is 11.3 Å². The van der Waals surface area contributed by atoms with Crippen LogP contribution in [0.2, 0.25) is 0 Å². The summed E-state index contributed by atoms with van der Waals surface area (Å²) in [4.78, 5) is 36.8. The van der Waals surface area contributed by atoms with Crippen LogP contribution in [0.3, 0.4) is 0 Å². The Morgan fingerprint density at radius 3 is 2.67 bits per heavy atom. The summed E-state index contributed by atoms with van der Waals surface area (Å²) >= 11 is 1.51. The maximum absolute atomic E-state index is 12.1. The van der Waals surface area contributed by atoms with Crippen LogP contribution in [0.4, 0.5) is 4.79 Å². The van der Waals surface area contributed by atoms with E-state index in [1.54, 1.807) is 6.92 Å². The molecule has 0 saturated carbocycles. The first-order valence-corrected chi connectivity index (χ1v) is 7.23. The lowest BCUT2D eigenvalue weighted by atomic mass is 10.2. The Hall–Kier alpha value is -2.09. The van der Waals surface area contributed by atoms with Gasteiger partial charge in [-0.2, -0.15) is 0 Å². The van der Waals surface area contributed by atoms with Gasteiger partial charge in [-0.25, -0.2) is 9.59 Å². The minimum atomic E-state index is -1.30. The summed E-state index contributed by atoms with van der Waals surface area (Å²) in [6.07, 6.45) is -0.409. The Kier molecular flexibility index (Phi) is 6.67. The molecule has 21 heavy (non-hydrogen) atoms. The first-order valence-electron chi connectivity index (χ1n) is 6.35. The first kappa shape index (κ1) is 17.0. The highest BCUT2D eigenvalue weighted by molar-refractivity contribution is 7.09. The number of nitrogens with zero attached hydrogens (tertiary/aromatic N) is 1. The summed E-state index contributed by atoms with van der Waals surface area (Å²) in [7, 11) is 1.16. The number of amides is 2. The number of carboxylic acid groups (broad SMARTS) is 1. The maximum Gasteiger partial charge on any atom is 0.326 e. The second kappa shape index (κ2) is 8.25. The number of hydrogen-bond acceptors (Lipinski definition) is 5. The van der Waals surface area contributed by atoms with E-state index in [0.717, 1.165) is 12.0 Å². The van der Waals surface area contributed by atoms with Crippen molar-refractivity contribution >= 4 is 29.3 Å². The molecular weight excluding hydrogens is 296 g/mol. The van der Waals surface area contributed by atoms with Gasteiger partial charge in [-0.15, -0.1) is 11.3 Å². The minimum Gasteiger partial charge on any atom is -0.480 e. The molecule has 1 atom stereocenters. The van der Waals surface area contributed by atoms with Crippen molar-refractivity contribution in [3.8, 4) is 0 Å². The first-order chi connectivity index (χ1) is 9.97. The predicted molar refractivity (Wildman–Crippen MR) is 77.0 cm³/mol. The average Bonchev–Trinajstić information content (AvgIpc) is 2.96. The van der Waals surface area contributed by atoms with E-state index in [4.69, 9.17) is 5.11 Å². The summed E-state index contributed by atoms with van der Waals surface area (Å²) in [5.74, 6) is -1.97. The van der Waals surface area contributed by atoms with Crippen LogP contribution < -0.4 is 5.32 Å². The van der Waals surface area contributed by atoms with Crippen LogP contribution in [0.1, 0.15) is 18.2 Å². The third-order valence-electron chi connectivity index (χ3n) is 2.79. The molecule has 2 N–H and O–H groups in total. The molecule has 8 heteroatoms. The van der Waals surface area contributed by atoms with Gasteiger partial charge in [-0.05, 0) is 18.4 Å². The molecule has 0 fully saturated rings. The number of nitrogens with one attached hydrogen (secondary N) is 1. The van der Waals surface area contributed by atoms with Crippen molar-refractivity contribution in [2.45, 2.75) is 25.9 Å². The van der Waals surface area contributed by atoms with Crippen molar-refractivity contribution in [2.24, 2.45) is 0 Å². The summed E-state index contributed by atoms with van der Waals surface area (Å²) in [5, 5.41) is 13.3. The predicted octanol–water partition coefficient (Wildman–Crippen LogP) is 1.30. The fourth-order valence-electron chi connectivity index (χ4n) is 1.61. The van der Waals surface area contributed by atoms with Gasteiger partial charge in [0.2, 0.25) is 0 Å². The third-order valence-corrected chi connectivity index (χ3v) is 3.65. The molecule has 0 bridgehead atoms. The van der Waals surface area contributed by atoms with E-state index in [1.807, 2.05) is 17.5 Å². The van der Waals surface area contributed by atoms with Crippen molar-refractivity contribution in [3.63, 3.8) is 0 Å². The zero-order valence-electron chi connectivity index (χ0n) is 11.9. The van der Waals surface area contributed by atoms with Crippen molar-refractivity contribution < 1.29 is 24.2 Å². The Morgan fingerprint density at radius 1 is 1.48 bits per heavy atom. The van der Waals surface area contributed by atoms with Gasteiger partial charge in [0.25, 0.3) is 0 Å². The minimum absolute atomic E-state index is 0.393. The number of carbonyl (C=O) groups is 3. The number of ether oxygens (including phenoxy) is 1. The summed E-state index contributed by atoms with van der Waals surface area (Å²) in [6, 6.07) is 1.94. The largest absolute Gasteiger partial charge is 0.480 e. The van der Waals surface area contributed by atoms with Gasteiger partial charge in [0.15, 0.2) is 0 Å². The molecule has 0 spiro atoms. The van der Waals surface area contributed by atoms with Crippen LogP contribution in [-0.4, -0.2) is 47.7 Å². The summed E-state index contributed by atoms with van der Waals surface area (Å²) < 4.78 is 4.42. The molecule has 7 nitrogen and oxygen atoms in total. The molecule has 0 aliphatic carbocycles. The van der Waals surface area contributed by atoms with E-state index in [1.165, 1.54) is 16.2 Å². The van der Waals surface area contributed by atoms with Crippen LogP contribution in [0, 0.1) is 0 Å². The zero-order chi connectivity index (χ0) is 15.8. The molecule has 0 aliphatic rings. The van der Waals surface area contributed by atoms with Gasteiger partial charge >= 0.3 is 18.0 Å². The van der Waals surface area contributed by atoms with Crippen molar-refractivity contribution in [3.05, 3.63) is 22.4 Å². The van der Waals surface area contributed by atoms with Crippen LogP contribution in [0.15, 0.2) is 17.5 Å². The second-order valence-corrected chi connectivity index (χ2v) is 5.25. The Morgan fingerprint density at radius 2 is 2.19 bits per heavy atom. The van der Waals surface area contributed by atoms with Crippen LogP contribution in [0.25, 0.3) is 0 Å². The number of carboxylic acids is 1. The number of esters is 1. The molecule has 0 aliphatic heterocycles. The lowest BCUT2D eigenvalue weighted by Crippen LogP contribution is -2.48. The van der Waals surface area contributed by atoms with Gasteiger partial charge in [0, 0.05) is 11.4 Å². The topological polar surface area (TPSA) is 95.9 Å². The van der Waals surface area contributed by atoms with Crippen LogP contribution in [0.5, 0.6) is 0 Å².